The first-order valence-electron chi connectivity index (χ1n) is 6.64. The molecule has 18 heavy (non-hydrogen) atoms. The van der Waals surface area contributed by atoms with Crippen LogP contribution in [0.4, 0.5) is 0 Å². The van der Waals surface area contributed by atoms with Crippen LogP contribution in [0.15, 0.2) is 24.3 Å². The number of benzene rings is 1. The Bertz CT molecular complexity index is 347. The van der Waals surface area contributed by atoms with Gasteiger partial charge >= 0.3 is 0 Å². The second-order valence-corrected chi connectivity index (χ2v) is 4.84. The topological polar surface area (TPSA) is 47.5 Å². The lowest BCUT2D eigenvalue weighted by atomic mass is 10.1. The van der Waals surface area contributed by atoms with Crippen molar-refractivity contribution in [2.75, 3.05) is 39.8 Å². The Labute approximate surface area is 109 Å². The molecule has 0 spiro atoms. The van der Waals surface area contributed by atoms with Gasteiger partial charge in [0.1, 0.15) is 0 Å². The molecule has 2 rings (SSSR count). The third kappa shape index (κ3) is 3.78. The molecule has 1 aromatic carbocycles. The highest BCUT2D eigenvalue weighted by Crippen LogP contribution is 2.14. The van der Waals surface area contributed by atoms with Gasteiger partial charge in [0.2, 0.25) is 0 Å². The van der Waals surface area contributed by atoms with Crippen molar-refractivity contribution in [3.63, 3.8) is 0 Å². The zero-order chi connectivity index (χ0) is 12.8. The number of rotatable bonds is 5. The summed E-state index contributed by atoms with van der Waals surface area (Å²) in [4.78, 5) is 2.45. The summed E-state index contributed by atoms with van der Waals surface area (Å²) in [5, 5.41) is 16.2. The van der Waals surface area contributed by atoms with Gasteiger partial charge in [-0.3, -0.25) is 4.90 Å². The van der Waals surface area contributed by atoms with Crippen LogP contribution in [0.1, 0.15) is 17.2 Å². The Hall–Kier alpha value is -0.940. The van der Waals surface area contributed by atoms with Crippen molar-refractivity contribution < 1.29 is 5.11 Å². The molecule has 1 aromatic rings. The van der Waals surface area contributed by atoms with Crippen LogP contribution in [-0.4, -0.2) is 49.8 Å². The minimum absolute atomic E-state index is 0.414. The summed E-state index contributed by atoms with van der Waals surface area (Å²) in [6.45, 7) is 5.99. The van der Waals surface area contributed by atoms with Crippen LogP contribution in [0.3, 0.4) is 0 Å². The van der Waals surface area contributed by atoms with Crippen molar-refractivity contribution in [1.29, 1.82) is 0 Å². The average Bonchev–Trinajstić information content (AvgIpc) is 2.41. The molecule has 0 radical (unpaired) electrons. The Morgan fingerprint density at radius 2 is 1.94 bits per heavy atom. The molecule has 1 aliphatic rings. The molecule has 1 saturated heterocycles. The minimum atomic E-state index is -0.414. The number of likely N-dealkylation sites (N-methyl/N-ethyl adjacent to an activating group) is 1. The van der Waals surface area contributed by atoms with Gasteiger partial charge in [-0.15, -0.1) is 0 Å². The molecule has 0 bridgehead atoms. The maximum absolute atomic E-state index is 9.85. The van der Waals surface area contributed by atoms with Gasteiger partial charge in [0.15, 0.2) is 0 Å². The molecule has 3 N–H and O–H groups in total. The molecule has 0 amide bonds. The van der Waals surface area contributed by atoms with Crippen molar-refractivity contribution in [3.05, 3.63) is 35.4 Å². The number of aliphatic hydroxyl groups excluding tert-OH is 1. The Kier molecular flexibility index (Phi) is 5.13. The highest BCUT2D eigenvalue weighted by Gasteiger charge is 2.10. The summed E-state index contributed by atoms with van der Waals surface area (Å²) in [5.41, 5.74) is 2.30. The van der Waals surface area contributed by atoms with Gasteiger partial charge < -0.3 is 15.7 Å². The van der Waals surface area contributed by atoms with Crippen LogP contribution in [0, 0.1) is 0 Å². The Balaban J connectivity index is 1.90. The molecular weight excluding hydrogens is 226 g/mol. The van der Waals surface area contributed by atoms with E-state index in [4.69, 9.17) is 0 Å². The van der Waals surface area contributed by atoms with Gasteiger partial charge in [0, 0.05) is 39.3 Å². The van der Waals surface area contributed by atoms with Gasteiger partial charge in [-0.05, 0) is 18.2 Å². The van der Waals surface area contributed by atoms with Gasteiger partial charge in [-0.1, -0.05) is 24.3 Å². The monoisotopic (exact) mass is 249 g/mol. The van der Waals surface area contributed by atoms with Crippen molar-refractivity contribution in [1.82, 2.24) is 15.5 Å². The number of hydrogen-bond acceptors (Lipinski definition) is 4. The normalized spacial score (nSPS) is 18.8. The van der Waals surface area contributed by atoms with E-state index in [1.165, 1.54) is 5.56 Å². The van der Waals surface area contributed by atoms with E-state index in [1.807, 2.05) is 19.2 Å². The molecule has 0 aromatic heterocycles. The van der Waals surface area contributed by atoms with E-state index in [2.05, 4.69) is 27.7 Å². The predicted molar refractivity (Wildman–Crippen MR) is 73.5 cm³/mol. The summed E-state index contributed by atoms with van der Waals surface area (Å²) in [6.07, 6.45) is -0.414. The van der Waals surface area contributed by atoms with Gasteiger partial charge in [0.25, 0.3) is 0 Å². The quantitative estimate of drug-likeness (QED) is 0.704. The lowest BCUT2D eigenvalue weighted by Crippen LogP contribution is -2.42. The third-order valence-electron chi connectivity index (χ3n) is 3.38. The highest BCUT2D eigenvalue weighted by atomic mass is 16.3. The smallest absolute Gasteiger partial charge is 0.0914 e. The first kappa shape index (κ1) is 13.5. The van der Waals surface area contributed by atoms with Gasteiger partial charge in [-0.2, -0.15) is 0 Å². The highest BCUT2D eigenvalue weighted by molar-refractivity contribution is 5.24. The minimum Gasteiger partial charge on any atom is -0.387 e. The lowest BCUT2D eigenvalue weighted by Gasteiger charge is -2.27. The Morgan fingerprint density at radius 3 is 2.56 bits per heavy atom. The number of piperazine rings is 1. The molecule has 4 heteroatoms. The van der Waals surface area contributed by atoms with E-state index in [9.17, 15) is 5.11 Å². The van der Waals surface area contributed by atoms with Crippen LogP contribution in [0.5, 0.6) is 0 Å². The molecule has 1 aliphatic heterocycles. The summed E-state index contributed by atoms with van der Waals surface area (Å²) in [5.74, 6) is 0. The van der Waals surface area contributed by atoms with Crippen LogP contribution >= 0.6 is 0 Å². The number of nitrogens with zero attached hydrogens (tertiary/aromatic N) is 1. The second-order valence-electron chi connectivity index (χ2n) is 4.84. The molecule has 1 fully saturated rings. The van der Waals surface area contributed by atoms with E-state index in [0.29, 0.717) is 6.54 Å². The summed E-state index contributed by atoms with van der Waals surface area (Å²) < 4.78 is 0. The second kappa shape index (κ2) is 6.85. The molecule has 4 nitrogen and oxygen atoms in total. The maximum Gasteiger partial charge on any atom is 0.0914 e. The summed E-state index contributed by atoms with van der Waals surface area (Å²) in [6, 6.07) is 8.30. The SMILES string of the molecule is CNCC(O)c1ccc(CN2CCNCC2)cc1. The molecule has 100 valence electrons. The van der Waals surface area contributed by atoms with Gasteiger partial charge in [-0.25, -0.2) is 0 Å². The molecule has 1 atom stereocenters. The molecule has 0 aliphatic carbocycles. The van der Waals surface area contributed by atoms with E-state index in [0.717, 1.165) is 38.3 Å². The van der Waals surface area contributed by atoms with Crippen molar-refractivity contribution in [2.24, 2.45) is 0 Å². The first-order chi connectivity index (χ1) is 8.79. The van der Waals surface area contributed by atoms with Crippen molar-refractivity contribution >= 4 is 0 Å². The number of aliphatic hydroxyl groups is 1. The molecule has 0 saturated carbocycles. The average molecular weight is 249 g/mol. The lowest BCUT2D eigenvalue weighted by molar-refractivity contribution is 0.177. The summed E-state index contributed by atoms with van der Waals surface area (Å²) >= 11 is 0. The van der Waals surface area contributed by atoms with Crippen LogP contribution in [0.2, 0.25) is 0 Å². The number of nitrogens with one attached hydrogen (secondary N) is 2. The fourth-order valence-corrected chi connectivity index (χ4v) is 2.28. The number of hydrogen-bond donors (Lipinski definition) is 3. The van der Waals surface area contributed by atoms with Crippen LogP contribution in [0.25, 0.3) is 0 Å². The fourth-order valence-electron chi connectivity index (χ4n) is 2.28. The van der Waals surface area contributed by atoms with Crippen LogP contribution in [-0.2, 0) is 6.54 Å². The van der Waals surface area contributed by atoms with Crippen LogP contribution < -0.4 is 10.6 Å². The largest absolute Gasteiger partial charge is 0.387 e. The molecule has 1 heterocycles. The standard InChI is InChI=1S/C14H23N3O/c1-15-10-14(18)13-4-2-12(3-5-13)11-17-8-6-16-7-9-17/h2-5,14-16,18H,6-11H2,1H3. The molecular formula is C14H23N3O. The predicted octanol–water partition coefficient (Wildman–Crippen LogP) is 0.345. The third-order valence-corrected chi connectivity index (χ3v) is 3.38. The Morgan fingerprint density at radius 1 is 1.28 bits per heavy atom. The van der Waals surface area contributed by atoms with E-state index in [-0.39, 0.29) is 0 Å². The van der Waals surface area contributed by atoms with E-state index < -0.39 is 6.10 Å². The van der Waals surface area contributed by atoms with Crippen molar-refractivity contribution in [2.45, 2.75) is 12.6 Å². The zero-order valence-electron chi connectivity index (χ0n) is 11.0. The fraction of sp³-hybridized carbons (Fsp3) is 0.571. The van der Waals surface area contributed by atoms with Gasteiger partial charge in [0.05, 0.1) is 6.10 Å². The van der Waals surface area contributed by atoms with E-state index >= 15 is 0 Å². The molecule has 1 unspecified atom stereocenters. The first-order valence-corrected chi connectivity index (χ1v) is 6.64. The zero-order valence-corrected chi connectivity index (χ0v) is 11.0. The van der Waals surface area contributed by atoms with Crippen molar-refractivity contribution in [3.8, 4) is 0 Å². The maximum atomic E-state index is 9.85. The van der Waals surface area contributed by atoms with E-state index in [1.54, 1.807) is 0 Å². The summed E-state index contributed by atoms with van der Waals surface area (Å²) in [7, 11) is 1.85.